The Kier molecular flexibility index (Phi) is 5.04. The average molecular weight is 345 g/mol. The molecule has 4 aliphatic rings. The minimum absolute atomic E-state index is 0.180. The lowest BCUT2D eigenvalue weighted by Crippen LogP contribution is -2.54. The van der Waals surface area contributed by atoms with Crippen LogP contribution in [-0.2, 0) is 11.2 Å². The number of hydrogen-bond acceptors (Lipinski definition) is 3. The van der Waals surface area contributed by atoms with E-state index in [0.717, 1.165) is 39.0 Å². The SMILES string of the molecule is O=C(N[C@H]1CCN(CCc2ccc(F)cc2)C1)C1CN2CCC1CC2. The first-order valence-electron chi connectivity index (χ1n) is 9.67. The number of nitrogens with zero attached hydrogens (tertiary/aromatic N) is 2. The highest BCUT2D eigenvalue weighted by Gasteiger charge is 2.39. The van der Waals surface area contributed by atoms with Crippen molar-refractivity contribution in [1.29, 1.82) is 0 Å². The largest absolute Gasteiger partial charge is 0.352 e. The maximum Gasteiger partial charge on any atom is 0.224 e. The van der Waals surface area contributed by atoms with Gasteiger partial charge in [-0.05, 0) is 62.4 Å². The van der Waals surface area contributed by atoms with Crippen LogP contribution in [0.2, 0.25) is 0 Å². The quantitative estimate of drug-likeness (QED) is 0.885. The third-order valence-corrected chi connectivity index (χ3v) is 6.24. The standard InChI is InChI=1S/C20H28FN3O/c21-17-3-1-15(2-4-17)5-9-23-12-8-18(13-23)22-20(25)19-14-24-10-6-16(19)7-11-24/h1-4,16,18-19H,5-14H2,(H,22,25)/t18-,19?/m0/s1. The minimum atomic E-state index is -0.180. The van der Waals surface area contributed by atoms with Crippen LogP contribution < -0.4 is 5.32 Å². The second-order valence-electron chi connectivity index (χ2n) is 7.92. The van der Waals surface area contributed by atoms with E-state index in [9.17, 15) is 9.18 Å². The Morgan fingerprint density at radius 2 is 1.84 bits per heavy atom. The Hall–Kier alpha value is -1.46. The highest BCUT2D eigenvalue weighted by molar-refractivity contribution is 5.79. The molecule has 1 unspecified atom stereocenters. The molecule has 4 fully saturated rings. The number of fused-ring (bicyclic) bond motifs is 3. The van der Waals surface area contributed by atoms with Gasteiger partial charge >= 0.3 is 0 Å². The van der Waals surface area contributed by atoms with Crippen molar-refractivity contribution in [3.8, 4) is 0 Å². The number of carbonyl (C=O) groups excluding carboxylic acids is 1. The van der Waals surface area contributed by atoms with Crippen LogP contribution in [0.5, 0.6) is 0 Å². The number of halogens is 1. The van der Waals surface area contributed by atoms with Crippen molar-refractivity contribution in [2.45, 2.75) is 31.7 Å². The van der Waals surface area contributed by atoms with Crippen molar-refractivity contribution >= 4 is 5.91 Å². The van der Waals surface area contributed by atoms with E-state index in [0.29, 0.717) is 5.92 Å². The molecule has 1 N–H and O–H groups in total. The van der Waals surface area contributed by atoms with E-state index >= 15 is 0 Å². The summed E-state index contributed by atoms with van der Waals surface area (Å²) in [7, 11) is 0. The Balaban J connectivity index is 1.22. The van der Waals surface area contributed by atoms with Crippen molar-refractivity contribution in [1.82, 2.24) is 15.1 Å². The zero-order chi connectivity index (χ0) is 17.2. The molecule has 1 amide bonds. The van der Waals surface area contributed by atoms with Crippen LogP contribution in [0.4, 0.5) is 4.39 Å². The van der Waals surface area contributed by atoms with Gasteiger partial charge in [-0.3, -0.25) is 4.79 Å². The smallest absolute Gasteiger partial charge is 0.224 e. The van der Waals surface area contributed by atoms with E-state index in [-0.39, 0.29) is 23.7 Å². The summed E-state index contributed by atoms with van der Waals surface area (Å²) in [6.45, 7) is 6.25. The van der Waals surface area contributed by atoms with E-state index in [4.69, 9.17) is 0 Å². The molecular weight excluding hydrogens is 317 g/mol. The molecule has 4 saturated heterocycles. The molecular formula is C20H28FN3O. The van der Waals surface area contributed by atoms with Crippen molar-refractivity contribution < 1.29 is 9.18 Å². The molecule has 0 aromatic heterocycles. The number of piperidine rings is 3. The fourth-order valence-electron chi connectivity index (χ4n) is 4.66. The van der Waals surface area contributed by atoms with E-state index in [1.54, 1.807) is 0 Å². The lowest BCUT2D eigenvalue weighted by Gasteiger charge is -2.44. The van der Waals surface area contributed by atoms with Crippen LogP contribution in [0, 0.1) is 17.7 Å². The van der Waals surface area contributed by atoms with Crippen molar-refractivity contribution in [3.63, 3.8) is 0 Å². The van der Waals surface area contributed by atoms with E-state index < -0.39 is 0 Å². The van der Waals surface area contributed by atoms with Gasteiger partial charge < -0.3 is 15.1 Å². The Morgan fingerprint density at radius 3 is 2.52 bits per heavy atom. The number of benzene rings is 1. The van der Waals surface area contributed by atoms with Crippen molar-refractivity contribution in [2.24, 2.45) is 11.8 Å². The molecule has 0 saturated carbocycles. The van der Waals surface area contributed by atoms with Gasteiger partial charge in [0.15, 0.2) is 0 Å². The first-order chi connectivity index (χ1) is 12.2. The maximum atomic E-state index is 13.0. The summed E-state index contributed by atoms with van der Waals surface area (Å²) in [6, 6.07) is 7.05. The molecule has 0 aliphatic carbocycles. The van der Waals surface area contributed by atoms with Crippen LogP contribution in [0.25, 0.3) is 0 Å². The van der Waals surface area contributed by atoms with Gasteiger partial charge in [0.25, 0.3) is 0 Å². The summed E-state index contributed by atoms with van der Waals surface area (Å²) >= 11 is 0. The Bertz CT molecular complexity index is 597. The minimum Gasteiger partial charge on any atom is -0.352 e. The lowest BCUT2D eigenvalue weighted by atomic mass is 9.78. The normalized spacial score (nSPS) is 32.0. The van der Waals surface area contributed by atoms with Gasteiger partial charge in [-0.2, -0.15) is 0 Å². The van der Waals surface area contributed by atoms with Gasteiger partial charge in [0.2, 0.25) is 5.91 Å². The molecule has 5 heteroatoms. The number of hydrogen-bond donors (Lipinski definition) is 1. The fourth-order valence-corrected chi connectivity index (χ4v) is 4.66. The number of likely N-dealkylation sites (tertiary alicyclic amines) is 1. The zero-order valence-corrected chi connectivity index (χ0v) is 14.8. The zero-order valence-electron chi connectivity index (χ0n) is 14.8. The highest BCUT2D eigenvalue weighted by atomic mass is 19.1. The molecule has 2 atom stereocenters. The summed E-state index contributed by atoms with van der Waals surface area (Å²) in [5, 5.41) is 3.31. The second-order valence-corrected chi connectivity index (χ2v) is 7.92. The maximum absolute atomic E-state index is 13.0. The van der Waals surface area contributed by atoms with Gasteiger partial charge in [0.1, 0.15) is 5.82 Å². The molecule has 4 heterocycles. The van der Waals surface area contributed by atoms with Gasteiger partial charge in [0.05, 0.1) is 5.92 Å². The molecule has 4 nitrogen and oxygen atoms in total. The monoisotopic (exact) mass is 345 g/mol. The lowest BCUT2D eigenvalue weighted by molar-refractivity contribution is -0.131. The van der Waals surface area contributed by atoms with Gasteiger partial charge in [0, 0.05) is 32.2 Å². The van der Waals surface area contributed by atoms with Gasteiger partial charge in [-0.25, -0.2) is 4.39 Å². The van der Waals surface area contributed by atoms with Crippen LogP contribution >= 0.6 is 0 Å². The van der Waals surface area contributed by atoms with Crippen molar-refractivity contribution in [2.75, 3.05) is 39.3 Å². The molecule has 0 radical (unpaired) electrons. The summed E-state index contributed by atoms with van der Waals surface area (Å²) < 4.78 is 13.0. The summed E-state index contributed by atoms with van der Waals surface area (Å²) in [5.74, 6) is 0.900. The predicted octanol–water partition coefficient (Wildman–Crippen LogP) is 1.90. The Labute approximate surface area is 149 Å². The molecule has 2 bridgehead atoms. The summed E-state index contributed by atoms with van der Waals surface area (Å²) in [5.41, 5.74) is 1.17. The molecule has 25 heavy (non-hydrogen) atoms. The second kappa shape index (κ2) is 7.42. The Morgan fingerprint density at radius 1 is 1.08 bits per heavy atom. The molecule has 0 spiro atoms. The van der Waals surface area contributed by atoms with Gasteiger partial charge in [-0.15, -0.1) is 0 Å². The fraction of sp³-hybridized carbons (Fsp3) is 0.650. The molecule has 1 aromatic rings. The van der Waals surface area contributed by atoms with E-state index in [1.165, 1.54) is 43.6 Å². The third kappa shape index (κ3) is 4.04. The predicted molar refractivity (Wildman–Crippen MR) is 95.7 cm³/mol. The number of nitrogens with one attached hydrogen (secondary N) is 1. The molecule has 5 rings (SSSR count). The van der Waals surface area contributed by atoms with Crippen LogP contribution in [0.3, 0.4) is 0 Å². The number of amides is 1. The van der Waals surface area contributed by atoms with Crippen LogP contribution in [0.15, 0.2) is 24.3 Å². The third-order valence-electron chi connectivity index (χ3n) is 6.24. The van der Waals surface area contributed by atoms with E-state index in [2.05, 4.69) is 15.1 Å². The van der Waals surface area contributed by atoms with Crippen LogP contribution in [-0.4, -0.2) is 61.0 Å². The van der Waals surface area contributed by atoms with Gasteiger partial charge in [-0.1, -0.05) is 12.1 Å². The first-order valence-corrected chi connectivity index (χ1v) is 9.67. The van der Waals surface area contributed by atoms with Crippen LogP contribution in [0.1, 0.15) is 24.8 Å². The summed E-state index contributed by atoms with van der Waals surface area (Å²) in [4.78, 5) is 17.5. The number of rotatable bonds is 5. The van der Waals surface area contributed by atoms with Crippen molar-refractivity contribution in [3.05, 3.63) is 35.6 Å². The molecule has 4 aliphatic heterocycles. The molecule has 136 valence electrons. The van der Waals surface area contributed by atoms with E-state index in [1.807, 2.05) is 12.1 Å². The molecule has 1 aromatic carbocycles. The topological polar surface area (TPSA) is 35.6 Å². The first kappa shape index (κ1) is 17.0. The summed E-state index contributed by atoms with van der Waals surface area (Å²) in [6.07, 6.45) is 4.34. The number of carbonyl (C=O) groups is 1. The average Bonchev–Trinajstić information content (AvgIpc) is 3.09. The highest BCUT2D eigenvalue weighted by Crippen LogP contribution is 2.32.